The van der Waals surface area contributed by atoms with Crippen LogP contribution in [0.4, 0.5) is 0 Å². The minimum atomic E-state index is 0.157. The van der Waals surface area contributed by atoms with Crippen molar-refractivity contribution in [3.8, 4) is 0 Å². The van der Waals surface area contributed by atoms with Crippen molar-refractivity contribution in [1.82, 2.24) is 9.55 Å². The maximum Gasteiger partial charge on any atom is 0.132 e. The molecule has 0 radical (unpaired) electrons. The second-order valence-electron chi connectivity index (χ2n) is 2.81. The molecule has 0 aromatic carbocycles. The Morgan fingerprint density at radius 3 is 3.25 bits per heavy atom. The Labute approximate surface area is 70.2 Å². The molecule has 1 aromatic rings. The maximum atomic E-state index is 7.26. The number of nitrogens with zero attached hydrogens (tertiary/aromatic N) is 2. The van der Waals surface area contributed by atoms with Gasteiger partial charge in [-0.1, -0.05) is 0 Å². The zero-order valence-electron chi connectivity index (χ0n) is 6.62. The molecule has 1 aromatic heterocycles. The van der Waals surface area contributed by atoms with Crippen LogP contribution in [0.25, 0.3) is 6.08 Å². The number of rotatable bonds is 1. The van der Waals surface area contributed by atoms with Crippen molar-refractivity contribution in [2.45, 2.75) is 13.0 Å². The van der Waals surface area contributed by atoms with Crippen LogP contribution >= 0.6 is 0 Å². The number of hydrogen-bond donors (Lipinski definition) is 2. The molecule has 2 rings (SSSR count). The third-order valence-electron chi connectivity index (χ3n) is 2.02. The average Bonchev–Trinajstić information content (AvgIpc) is 2.49. The Morgan fingerprint density at radius 2 is 2.50 bits per heavy atom. The normalized spacial score (nSPS) is 15.2. The largest absolute Gasteiger partial charge is 0.384 e. The fraction of sp³-hybridized carbons (Fsp3) is 0.250. The van der Waals surface area contributed by atoms with E-state index in [0.717, 1.165) is 24.4 Å². The summed E-state index contributed by atoms with van der Waals surface area (Å²) >= 11 is 0. The predicted octanol–water partition coefficient (Wildman–Crippen LogP) is 0.606. The van der Waals surface area contributed by atoms with Crippen LogP contribution in [0.5, 0.6) is 0 Å². The molecular formula is C8H10N4. The van der Waals surface area contributed by atoms with Crippen molar-refractivity contribution < 1.29 is 0 Å². The van der Waals surface area contributed by atoms with Gasteiger partial charge in [0.05, 0.1) is 0 Å². The van der Waals surface area contributed by atoms with E-state index >= 15 is 0 Å². The highest BCUT2D eigenvalue weighted by atomic mass is 15.1. The third-order valence-corrected chi connectivity index (χ3v) is 2.02. The van der Waals surface area contributed by atoms with E-state index in [4.69, 9.17) is 11.1 Å². The molecule has 0 atom stereocenters. The summed E-state index contributed by atoms with van der Waals surface area (Å²) in [6.45, 7) is 0.876. The van der Waals surface area contributed by atoms with Crippen LogP contribution in [-0.2, 0) is 6.54 Å². The van der Waals surface area contributed by atoms with Crippen molar-refractivity contribution in [1.29, 1.82) is 5.41 Å². The first-order valence-corrected chi connectivity index (χ1v) is 3.83. The topological polar surface area (TPSA) is 67.7 Å². The lowest BCUT2D eigenvalue weighted by Gasteiger charge is -2.13. The molecule has 3 N–H and O–H groups in total. The van der Waals surface area contributed by atoms with Gasteiger partial charge in [-0.25, -0.2) is 4.98 Å². The minimum Gasteiger partial charge on any atom is -0.384 e. The first kappa shape index (κ1) is 7.09. The Bertz CT molecular complexity index is 348. The van der Waals surface area contributed by atoms with Gasteiger partial charge in [0.15, 0.2) is 0 Å². The van der Waals surface area contributed by atoms with Crippen LogP contribution in [0, 0.1) is 5.41 Å². The number of aryl methyl sites for hydroxylation is 1. The lowest BCUT2D eigenvalue weighted by Crippen LogP contribution is -2.18. The molecule has 4 nitrogen and oxygen atoms in total. The first-order chi connectivity index (χ1) is 5.77. The van der Waals surface area contributed by atoms with Gasteiger partial charge in [0.25, 0.3) is 0 Å². The highest BCUT2D eigenvalue weighted by Gasteiger charge is 2.11. The summed E-state index contributed by atoms with van der Waals surface area (Å²) in [5.41, 5.74) is 6.25. The Balaban J connectivity index is 2.41. The van der Waals surface area contributed by atoms with Crippen LogP contribution in [-0.4, -0.2) is 15.4 Å². The molecule has 1 aliphatic rings. The molecule has 0 saturated heterocycles. The van der Waals surface area contributed by atoms with Crippen molar-refractivity contribution in [2.24, 2.45) is 5.73 Å². The highest BCUT2D eigenvalue weighted by Crippen LogP contribution is 2.15. The van der Waals surface area contributed by atoms with Crippen LogP contribution in [0.1, 0.15) is 12.2 Å². The molecule has 4 heteroatoms. The molecule has 0 saturated carbocycles. The van der Waals surface area contributed by atoms with E-state index in [9.17, 15) is 0 Å². The zero-order valence-corrected chi connectivity index (χ0v) is 6.62. The van der Waals surface area contributed by atoms with Crippen LogP contribution in [0.3, 0.4) is 0 Å². The van der Waals surface area contributed by atoms with Crippen molar-refractivity contribution in [3.05, 3.63) is 23.8 Å². The number of hydrogen-bond acceptors (Lipinski definition) is 2. The molecule has 0 amide bonds. The zero-order chi connectivity index (χ0) is 8.55. The summed E-state index contributed by atoms with van der Waals surface area (Å²) in [6.07, 6.45) is 6.39. The molecule has 12 heavy (non-hydrogen) atoms. The molecule has 1 aliphatic heterocycles. The molecular weight excluding hydrogens is 152 g/mol. The van der Waals surface area contributed by atoms with Crippen molar-refractivity contribution in [3.63, 3.8) is 0 Å². The van der Waals surface area contributed by atoms with Gasteiger partial charge in [-0.3, -0.25) is 5.41 Å². The molecule has 0 fully saturated rings. The van der Waals surface area contributed by atoms with E-state index in [0.29, 0.717) is 0 Å². The summed E-state index contributed by atoms with van der Waals surface area (Å²) in [4.78, 5) is 4.12. The fourth-order valence-electron chi connectivity index (χ4n) is 1.33. The molecule has 62 valence electrons. The molecule has 0 unspecified atom stereocenters. The van der Waals surface area contributed by atoms with E-state index in [1.54, 1.807) is 6.20 Å². The Morgan fingerprint density at radius 1 is 1.67 bits per heavy atom. The maximum absolute atomic E-state index is 7.26. The van der Waals surface area contributed by atoms with Crippen LogP contribution < -0.4 is 5.73 Å². The minimum absolute atomic E-state index is 0.157. The van der Waals surface area contributed by atoms with Gasteiger partial charge in [0, 0.05) is 18.9 Å². The smallest absolute Gasteiger partial charge is 0.132 e. The predicted molar refractivity (Wildman–Crippen MR) is 46.7 cm³/mol. The standard InChI is InChI=1S/C8H10N4/c9-8(10)6-1-3-12-4-2-11-7(12)5-6/h2,4-5H,1,3H2,(H3,9,10). The van der Waals surface area contributed by atoms with E-state index < -0.39 is 0 Å². The van der Waals surface area contributed by atoms with Gasteiger partial charge in [0.2, 0.25) is 0 Å². The number of amidine groups is 1. The third kappa shape index (κ3) is 1.01. The summed E-state index contributed by atoms with van der Waals surface area (Å²) in [5.74, 6) is 1.05. The van der Waals surface area contributed by atoms with E-state index in [1.807, 2.05) is 16.8 Å². The van der Waals surface area contributed by atoms with Gasteiger partial charge in [-0.2, -0.15) is 0 Å². The first-order valence-electron chi connectivity index (χ1n) is 3.83. The summed E-state index contributed by atoms with van der Waals surface area (Å²) < 4.78 is 2.05. The molecule has 0 bridgehead atoms. The lowest BCUT2D eigenvalue weighted by atomic mass is 10.1. The van der Waals surface area contributed by atoms with Crippen molar-refractivity contribution >= 4 is 11.9 Å². The van der Waals surface area contributed by atoms with Gasteiger partial charge < -0.3 is 10.3 Å². The highest BCUT2D eigenvalue weighted by molar-refractivity contribution is 5.98. The summed E-state index contributed by atoms with van der Waals surface area (Å²) in [7, 11) is 0. The SMILES string of the molecule is N=C(N)C1=Cc2nccn2CC1. The second kappa shape index (κ2) is 2.48. The molecule has 0 aliphatic carbocycles. The van der Waals surface area contributed by atoms with E-state index in [-0.39, 0.29) is 5.84 Å². The number of imidazole rings is 1. The number of nitrogens with two attached hydrogens (primary N) is 1. The van der Waals surface area contributed by atoms with Crippen LogP contribution in [0.2, 0.25) is 0 Å². The van der Waals surface area contributed by atoms with Crippen molar-refractivity contribution in [2.75, 3.05) is 0 Å². The van der Waals surface area contributed by atoms with Gasteiger partial charge in [0.1, 0.15) is 11.7 Å². The fourth-order valence-corrected chi connectivity index (χ4v) is 1.33. The van der Waals surface area contributed by atoms with Gasteiger partial charge >= 0.3 is 0 Å². The van der Waals surface area contributed by atoms with Gasteiger partial charge in [-0.05, 0) is 18.1 Å². The Kier molecular flexibility index (Phi) is 1.46. The summed E-state index contributed by atoms with van der Waals surface area (Å²) in [6, 6.07) is 0. The number of nitrogens with one attached hydrogen (secondary N) is 1. The molecule has 2 heterocycles. The average molecular weight is 162 g/mol. The van der Waals surface area contributed by atoms with Crippen LogP contribution in [0.15, 0.2) is 18.0 Å². The number of fused-ring (bicyclic) bond motifs is 1. The molecule has 0 spiro atoms. The Hall–Kier alpha value is -1.58. The monoisotopic (exact) mass is 162 g/mol. The van der Waals surface area contributed by atoms with Gasteiger partial charge in [-0.15, -0.1) is 0 Å². The second-order valence-corrected chi connectivity index (χ2v) is 2.81. The lowest BCUT2D eigenvalue weighted by molar-refractivity contribution is 0.679. The quantitative estimate of drug-likeness (QED) is 0.469. The summed E-state index contributed by atoms with van der Waals surface area (Å²) in [5, 5.41) is 7.26. The van der Waals surface area contributed by atoms with E-state index in [2.05, 4.69) is 4.98 Å². The number of aromatic nitrogens is 2. The van der Waals surface area contributed by atoms with E-state index in [1.165, 1.54) is 0 Å².